The van der Waals surface area contributed by atoms with Crippen molar-refractivity contribution in [1.82, 2.24) is 19.9 Å². The van der Waals surface area contributed by atoms with Gasteiger partial charge in [-0.3, -0.25) is 4.79 Å². The average Bonchev–Trinajstić information content (AvgIpc) is 2.97. The Kier molecular flexibility index (Phi) is 6.11. The van der Waals surface area contributed by atoms with Crippen LogP contribution in [0, 0.1) is 19.7 Å². The van der Waals surface area contributed by atoms with Crippen LogP contribution in [0.15, 0.2) is 30.3 Å². The van der Waals surface area contributed by atoms with E-state index in [4.69, 9.17) is 0 Å². The SMILES string of the molecule is Cc1nc2cc(-c3cccc(F)c3)nn2c(C)c1CCC(=O)NC1CCCCCC1. The van der Waals surface area contributed by atoms with Gasteiger partial charge in [0.15, 0.2) is 5.65 Å². The maximum absolute atomic E-state index is 13.6. The number of aryl methyl sites for hydroxylation is 2. The molecule has 0 unspecified atom stereocenters. The second-order valence-corrected chi connectivity index (χ2v) is 8.33. The predicted octanol–water partition coefficient (Wildman–Crippen LogP) is 4.92. The molecule has 1 aromatic carbocycles. The van der Waals surface area contributed by atoms with Crippen molar-refractivity contribution in [2.24, 2.45) is 0 Å². The number of amides is 1. The molecule has 2 aromatic heterocycles. The lowest BCUT2D eigenvalue weighted by molar-refractivity contribution is -0.121. The van der Waals surface area contributed by atoms with Crippen LogP contribution in [0.1, 0.15) is 61.9 Å². The molecular formula is C24H29FN4O. The Hall–Kier alpha value is -2.76. The van der Waals surface area contributed by atoms with E-state index >= 15 is 0 Å². The average molecular weight is 409 g/mol. The van der Waals surface area contributed by atoms with E-state index in [0.29, 0.717) is 24.6 Å². The summed E-state index contributed by atoms with van der Waals surface area (Å²) in [6, 6.07) is 8.61. The fourth-order valence-corrected chi connectivity index (χ4v) is 4.44. The second-order valence-electron chi connectivity index (χ2n) is 8.33. The monoisotopic (exact) mass is 408 g/mol. The number of nitrogens with one attached hydrogen (secondary N) is 1. The van der Waals surface area contributed by atoms with Gasteiger partial charge in [0.05, 0.1) is 5.69 Å². The molecule has 0 aliphatic heterocycles. The van der Waals surface area contributed by atoms with Crippen LogP contribution in [0.2, 0.25) is 0 Å². The summed E-state index contributed by atoms with van der Waals surface area (Å²) in [6.07, 6.45) is 8.22. The quantitative estimate of drug-likeness (QED) is 0.610. The Labute approximate surface area is 176 Å². The van der Waals surface area contributed by atoms with Crippen LogP contribution in [0.3, 0.4) is 0 Å². The third-order valence-electron chi connectivity index (χ3n) is 6.11. The molecule has 1 aliphatic rings. The summed E-state index contributed by atoms with van der Waals surface area (Å²) < 4.78 is 15.4. The lowest BCUT2D eigenvalue weighted by Crippen LogP contribution is -2.34. The number of carbonyl (C=O) groups excluding carboxylic acids is 1. The van der Waals surface area contributed by atoms with E-state index in [1.807, 2.05) is 26.0 Å². The Morgan fingerprint density at radius 3 is 2.67 bits per heavy atom. The topological polar surface area (TPSA) is 59.3 Å². The zero-order valence-electron chi connectivity index (χ0n) is 17.7. The first kappa shape index (κ1) is 20.5. The number of hydrogen-bond donors (Lipinski definition) is 1. The van der Waals surface area contributed by atoms with Crippen LogP contribution in [0.5, 0.6) is 0 Å². The molecule has 5 nitrogen and oxygen atoms in total. The van der Waals surface area contributed by atoms with Gasteiger partial charge in [0.2, 0.25) is 5.91 Å². The van der Waals surface area contributed by atoms with E-state index in [1.165, 1.54) is 37.8 Å². The summed E-state index contributed by atoms with van der Waals surface area (Å²) in [5.74, 6) is -0.174. The van der Waals surface area contributed by atoms with Crippen LogP contribution in [0.25, 0.3) is 16.9 Å². The Morgan fingerprint density at radius 2 is 1.93 bits per heavy atom. The second kappa shape index (κ2) is 8.94. The van der Waals surface area contributed by atoms with E-state index in [-0.39, 0.29) is 11.7 Å². The number of hydrogen-bond acceptors (Lipinski definition) is 3. The molecular weight excluding hydrogens is 379 g/mol. The van der Waals surface area contributed by atoms with Crippen molar-refractivity contribution >= 4 is 11.6 Å². The molecule has 1 N–H and O–H groups in total. The summed E-state index contributed by atoms with van der Waals surface area (Å²) in [7, 11) is 0. The van der Waals surface area contributed by atoms with Gasteiger partial charge in [-0.1, -0.05) is 37.8 Å². The molecule has 3 aromatic rings. The Morgan fingerprint density at radius 1 is 1.17 bits per heavy atom. The van der Waals surface area contributed by atoms with Gasteiger partial charge in [-0.15, -0.1) is 0 Å². The highest BCUT2D eigenvalue weighted by Gasteiger charge is 2.17. The molecule has 1 fully saturated rings. The minimum absolute atomic E-state index is 0.113. The van der Waals surface area contributed by atoms with Gasteiger partial charge >= 0.3 is 0 Å². The van der Waals surface area contributed by atoms with Crippen molar-refractivity contribution in [2.45, 2.75) is 71.3 Å². The number of nitrogens with zero attached hydrogens (tertiary/aromatic N) is 3. The van der Waals surface area contributed by atoms with E-state index in [9.17, 15) is 9.18 Å². The number of fused-ring (bicyclic) bond motifs is 1. The zero-order chi connectivity index (χ0) is 21.1. The molecule has 158 valence electrons. The molecule has 0 saturated heterocycles. The van der Waals surface area contributed by atoms with Gasteiger partial charge in [-0.05, 0) is 50.8 Å². The molecule has 30 heavy (non-hydrogen) atoms. The molecule has 1 aliphatic carbocycles. The fraction of sp³-hybridized carbons (Fsp3) is 0.458. The summed E-state index contributed by atoms with van der Waals surface area (Å²) >= 11 is 0. The highest BCUT2D eigenvalue weighted by molar-refractivity contribution is 5.76. The Balaban J connectivity index is 1.50. The molecule has 0 spiro atoms. The van der Waals surface area contributed by atoms with Crippen molar-refractivity contribution in [3.05, 3.63) is 53.1 Å². The van der Waals surface area contributed by atoms with E-state index < -0.39 is 0 Å². The van der Waals surface area contributed by atoms with Gasteiger partial charge in [0, 0.05) is 35.5 Å². The molecule has 4 rings (SSSR count). The number of aromatic nitrogens is 3. The predicted molar refractivity (Wildman–Crippen MR) is 116 cm³/mol. The summed E-state index contributed by atoms with van der Waals surface area (Å²) in [5.41, 5.74) is 5.08. The van der Waals surface area contributed by atoms with Crippen LogP contribution in [-0.4, -0.2) is 26.5 Å². The van der Waals surface area contributed by atoms with E-state index in [0.717, 1.165) is 41.0 Å². The molecule has 2 heterocycles. The molecule has 1 saturated carbocycles. The molecule has 6 heteroatoms. The smallest absolute Gasteiger partial charge is 0.220 e. The standard InChI is InChI=1S/C24H29FN4O/c1-16-21(12-13-24(30)27-20-10-5-3-4-6-11-20)17(2)29-23(26-16)15-22(28-29)18-8-7-9-19(25)14-18/h7-9,14-15,20H,3-6,10-13H2,1-2H3,(H,27,30). The maximum atomic E-state index is 13.6. The molecule has 0 atom stereocenters. The highest BCUT2D eigenvalue weighted by atomic mass is 19.1. The third kappa shape index (κ3) is 4.53. The van der Waals surface area contributed by atoms with Gasteiger partial charge in [0.25, 0.3) is 0 Å². The summed E-state index contributed by atoms with van der Waals surface area (Å²) in [5, 5.41) is 7.86. The van der Waals surface area contributed by atoms with E-state index in [2.05, 4.69) is 15.4 Å². The van der Waals surface area contributed by atoms with Crippen LogP contribution in [-0.2, 0) is 11.2 Å². The van der Waals surface area contributed by atoms with Gasteiger partial charge < -0.3 is 5.32 Å². The number of benzene rings is 1. The normalized spacial score (nSPS) is 15.3. The van der Waals surface area contributed by atoms with E-state index in [1.54, 1.807) is 10.6 Å². The molecule has 0 radical (unpaired) electrons. The minimum Gasteiger partial charge on any atom is -0.353 e. The van der Waals surface area contributed by atoms with Crippen LogP contribution >= 0.6 is 0 Å². The van der Waals surface area contributed by atoms with Crippen molar-refractivity contribution in [1.29, 1.82) is 0 Å². The minimum atomic E-state index is -0.286. The van der Waals surface area contributed by atoms with Gasteiger partial charge in [-0.2, -0.15) is 5.10 Å². The van der Waals surface area contributed by atoms with Crippen LogP contribution in [0.4, 0.5) is 4.39 Å². The third-order valence-corrected chi connectivity index (χ3v) is 6.11. The molecule has 0 bridgehead atoms. The lowest BCUT2D eigenvalue weighted by atomic mass is 10.1. The van der Waals surface area contributed by atoms with Crippen molar-refractivity contribution in [2.75, 3.05) is 0 Å². The lowest BCUT2D eigenvalue weighted by Gasteiger charge is -2.17. The van der Waals surface area contributed by atoms with Crippen molar-refractivity contribution < 1.29 is 9.18 Å². The first-order valence-electron chi connectivity index (χ1n) is 10.9. The maximum Gasteiger partial charge on any atom is 0.220 e. The largest absolute Gasteiger partial charge is 0.353 e. The Bertz CT molecular complexity index is 1050. The number of rotatable bonds is 5. The number of carbonyl (C=O) groups is 1. The first-order valence-corrected chi connectivity index (χ1v) is 10.9. The van der Waals surface area contributed by atoms with Crippen LogP contribution < -0.4 is 5.32 Å². The van der Waals surface area contributed by atoms with Crippen molar-refractivity contribution in [3.8, 4) is 11.3 Å². The van der Waals surface area contributed by atoms with Gasteiger partial charge in [0.1, 0.15) is 5.82 Å². The fourth-order valence-electron chi connectivity index (χ4n) is 4.44. The number of halogens is 1. The highest BCUT2D eigenvalue weighted by Crippen LogP contribution is 2.23. The van der Waals surface area contributed by atoms with Gasteiger partial charge in [-0.25, -0.2) is 13.9 Å². The molecule has 1 amide bonds. The first-order chi connectivity index (χ1) is 14.5. The summed E-state index contributed by atoms with van der Waals surface area (Å²) in [4.78, 5) is 17.2. The van der Waals surface area contributed by atoms with Crippen molar-refractivity contribution in [3.63, 3.8) is 0 Å². The summed E-state index contributed by atoms with van der Waals surface area (Å²) in [6.45, 7) is 3.98. The zero-order valence-corrected chi connectivity index (χ0v) is 17.7.